The number of nitrogens with two attached hydrogens (primary N) is 1. The molecule has 0 saturated carbocycles. The van der Waals surface area contributed by atoms with Gasteiger partial charge >= 0.3 is 6.09 Å². The maximum Gasteiger partial charge on any atom is 0.430 e. The summed E-state index contributed by atoms with van der Waals surface area (Å²) in [7, 11) is 0. The largest absolute Gasteiger partial charge is 0.448 e. The molecule has 2 aromatic rings. The number of ether oxygens (including phenoxy) is 1. The minimum absolute atomic E-state index is 0.309. The number of carbonyl (C=O) groups is 1. The highest BCUT2D eigenvalue weighted by Crippen LogP contribution is 2.13. The van der Waals surface area contributed by atoms with Crippen LogP contribution in [0, 0.1) is 5.92 Å². The lowest BCUT2D eigenvalue weighted by molar-refractivity contribution is 0.136. The Bertz CT molecular complexity index is 582. The molecule has 6 heteroatoms. The zero-order chi connectivity index (χ0) is 15.2. The van der Waals surface area contributed by atoms with Crippen molar-refractivity contribution in [1.82, 2.24) is 9.78 Å². The Hall–Kier alpha value is -2.34. The molecule has 0 fully saturated rings. The third kappa shape index (κ3) is 3.82. The first kappa shape index (κ1) is 15.1. The molecule has 2 N–H and O–H groups in total. The standard InChI is InChI=1S/C15H20N4O2/c1-3-12(2)11-21-15(20)19(16)14-9-10-18(17-14)13-7-5-4-6-8-13/h4-10,12H,3,11,16H2,1-2H3. The van der Waals surface area contributed by atoms with E-state index in [2.05, 4.69) is 5.10 Å². The lowest BCUT2D eigenvalue weighted by atomic mass is 10.1. The predicted molar refractivity (Wildman–Crippen MR) is 81.0 cm³/mol. The van der Waals surface area contributed by atoms with E-state index in [4.69, 9.17) is 10.6 Å². The first-order valence-electron chi connectivity index (χ1n) is 6.94. The van der Waals surface area contributed by atoms with Gasteiger partial charge in [0.2, 0.25) is 0 Å². The molecule has 1 heterocycles. The Balaban J connectivity index is 2.02. The second kappa shape index (κ2) is 6.90. The zero-order valence-corrected chi connectivity index (χ0v) is 12.3. The highest BCUT2D eigenvalue weighted by atomic mass is 16.6. The van der Waals surface area contributed by atoms with Crippen LogP contribution in [0.15, 0.2) is 42.6 Å². The van der Waals surface area contributed by atoms with Gasteiger partial charge in [-0.3, -0.25) is 0 Å². The lowest BCUT2D eigenvalue weighted by Gasteiger charge is -2.15. The quantitative estimate of drug-likeness (QED) is 0.521. The van der Waals surface area contributed by atoms with Gasteiger partial charge in [0, 0.05) is 12.3 Å². The molecule has 0 aliphatic carbocycles. The number of hydrazine groups is 1. The average molecular weight is 288 g/mol. The second-order valence-corrected chi connectivity index (χ2v) is 4.91. The Morgan fingerprint density at radius 3 is 2.76 bits per heavy atom. The summed E-state index contributed by atoms with van der Waals surface area (Å²) in [6.45, 7) is 4.40. The first-order chi connectivity index (χ1) is 10.1. The Morgan fingerprint density at radius 2 is 2.10 bits per heavy atom. The highest BCUT2D eigenvalue weighted by molar-refractivity contribution is 5.84. The molecule has 1 aromatic carbocycles. The normalized spacial score (nSPS) is 12.0. The third-order valence-electron chi connectivity index (χ3n) is 3.23. The molecule has 0 bridgehead atoms. The van der Waals surface area contributed by atoms with E-state index in [-0.39, 0.29) is 0 Å². The van der Waals surface area contributed by atoms with E-state index in [1.165, 1.54) is 0 Å². The van der Waals surface area contributed by atoms with Crippen LogP contribution >= 0.6 is 0 Å². The number of hydrogen-bond donors (Lipinski definition) is 1. The fraction of sp³-hybridized carbons (Fsp3) is 0.333. The average Bonchev–Trinajstić information content (AvgIpc) is 3.02. The SMILES string of the molecule is CCC(C)COC(=O)N(N)c1ccn(-c2ccccc2)n1. The van der Waals surface area contributed by atoms with Gasteiger partial charge in [-0.2, -0.15) is 5.01 Å². The van der Waals surface area contributed by atoms with Crippen LogP contribution < -0.4 is 10.9 Å². The molecular formula is C15H20N4O2. The van der Waals surface area contributed by atoms with Crippen LogP contribution in [0.5, 0.6) is 0 Å². The molecule has 112 valence electrons. The van der Waals surface area contributed by atoms with Crippen LogP contribution in [0.25, 0.3) is 5.69 Å². The summed E-state index contributed by atoms with van der Waals surface area (Å²) in [5, 5.41) is 5.18. The van der Waals surface area contributed by atoms with E-state index < -0.39 is 6.09 Å². The molecule has 21 heavy (non-hydrogen) atoms. The van der Waals surface area contributed by atoms with Crippen molar-refractivity contribution in [3.8, 4) is 5.69 Å². The smallest absolute Gasteiger partial charge is 0.430 e. The summed E-state index contributed by atoms with van der Waals surface area (Å²) in [5.41, 5.74) is 0.894. The number of anilines is 1. The van der Waals surface area contributed by atoms with Gasteiger partial charge in [0.25, 0.3) is 0 Å². The van der Waals surface area contributed by atoms with E-state index in [0.29, 0.717) is 18.3 Å². The van der Waals surface area contributed by atoms with Crippen molar-refractivity contribution in [3.05, 3.63) is 42.6 Å². The highest BCUT2D eigenvalue weighted by Gasteiger charge is 2.17. The molecule has 1 amide bonds. The van der Waals surface area contributed by atoms with Gasteiger partial charge in [-0.1, -0.05) is 38.5 Å². The molecule has 2 rings (SSSR count). The first-order valence-corrected chi connectivity index (χ1v) is 6.94. The second-order valence-electron chi connectivity index (χ2n) is 4.91. The van der Waals surface area contributed by atoms with Gasteiger partial charge in [0.1, 0.15) is 0 Å². The topological polar surface area (TPSA) is 73.4 Å². The summed E-state index contributed by atoms with van der Waals surface area (Å²) in [6, 6.07) is 11.2. The van der Waals surface area contributed by atoms with Crippen molar-refractivity contribution in [2.24, 2.45) is 11.8 Å². The van der Waals surface area contributed by atoms with Crippen molar-refractivity contribution in [2.75, 3.05) is 11.6 Å². The maximum atomic E-state index is 11.8. The van der Waals surface area contributed by atoms with Crippen LogP contribution in [-0.4, -0.2) is 22.5 Å². The molecule has 0 spiro atoms. The molecular weight excluding hydrogens is 268 g/mol. The summed E-state index contributed by atoms with van der Waals surface area (Å²) in [5.74, 6) is 6.39. The Labute approximate surface area is 124 Å². The van der Waals surface area contributed by atoms with Gasteiger partial charge < -0.3 is 4.74 Å². The van der Waals surface area contributed by atoms with Crippen LogP contribution in [-0.2, 0) is 4.74 Å². The van der Waals surface area contributed by atoms with Crippen molar-refractivity contribution in [2.45, 2.75) is 20.3 Å². The van der Waals surface area contributed by atoms with E-state index in [9.17, 15) is 4.79 Å². The number of aromatic nitrogens is 2. The fourth-order valence-electron chi connectivity index (χ4n) is 1.66. The number of nitrogens with zero attached hydrogens (tertiary/aromatic N) is 3. The molecule has 6 nitrogen and oxygen atoms in total. The van der Waals surface area contributed by atoms with Gasteiger partial charge in [-0.05, 0) is 18.1 Å². The van der Waals surface area contributed by atoms with Crippen LogP contribution in [0.1, 0.15) is 20.3 Å². The predicted octanol–water partition coefficient (Wildman–Crippen LogP) is 2.74. The monoisotopic (exact) mass is 288 g/mol. The van der Waals surface area contributed by atoms with E-state index in [0.717, 1.165) is 17.1 Å². The molecule has 0 radical (unpaired) electrons. The molecule has 1 atom stereocenters. The maximum absolute atomic E-state index is 11.8. The number of benzene rings is 1. The zero-order valence-electron chi connectivity index (χ0n) is 12.3. The van der Waals surface area contributed by atoms with Gasteiger partial charge in [-0.15, -0.1) is 5.10 Å². The summed E-state index contributed by atoms with van der Waals surface area (Å²) in [4.78, 5) is 11.8. The van der Waals surface area contributed by atoms with Crippen LogP contribution in [0.4, 0.5) is 10.6 Å². The minimum Gasteiger partial charge on any atom is -0.448 e. The molecule has 1 aromatic heterocycles. The lowest BCUT2D eigenvalue weighted by Crippen LogP contribution is -2.39. The number of amides is 1. The molecule has 0 saturated heterocycles. The van der Waals surface area contributed by atoms with Crippen molar-refractivity contribution >= 4 is 11.9 Å². The molecule has 0 aliphatic rings. The summed E-state index contributed by atoms with van der Waals surface area (Å²) < 4.78 is 6.79. The summed E-state index contributed by atoms with van der Waals surface area (Å²) >= 11 is 0. The van der Waals surface area contributed by atoms with Gasteiger partial charge in [0.15, 0.2) is 5.82 Å². The molecule has 1 unspecified atom stereocenters. The number of rotatable bonds is 5. The van der Waals surface area contributed by atoms with Crippen molar-refractivity contribution < 1.29 is 9.53 Å². The number of para-hydroxylation sites is 1. The van der Waals surface area contributed by atoms with E-state index in [1.54, 1.807) is 16.9 Å². The van der Waals surface area contributed by atoms with Crippen LogP contribution in [0.2, 0.25) is 0 Å². The van der Waals surface area contributed by atoms with E-state index in [1.807, 2.05) is 44.2 Å². The van der Waals surface area contributed by atoms with Gasteiger partial charge in [0.05, 0.1) is 12.3 Å². The minimum atomic E-state index is -0.603. The van der Waals surface area contributed by atoms with Gasteiger partial charge in [-0.25, -0.2) is 15.3 Å². The number of hydrogen-bond acceptors (Lipinski definition) is 4. The molecule has 0 aliphatic heterocycles. The Kier molecular flexibility index (Phi) is 4.94. The Morgan fingerprint density at radius 1 is 1.38 bits per heavy atom. The van der Waals surface area contributed by atoms with Crippen molar-refractivity contribution in [1.29, 1.82) is 0 Å². The van der Waals surface area contributed by atoms with E-state index >= 15 is 0 Å². The number of carbonyl (C=O) groups excluding carboxylic acids is 1. The van der Waals surface area contributed by atoms with Crippen LogP contribution in [0.3, 0.4) is 0 Å². The third-order valence-corrected chi connectivity index (χ3v) is 3.23. The van der Waals surface area contributed by atoms with Crippen molar-refractivity contribution in [3.63, 3.8) is 0 Å². The fourth-order valence-corrected chi connectivity index (χ4v) is 1.66. The summed E-state index contributed by atoms with van der Waals surface area (Å²) in [6.07, 6.45) is 2.08.